The zero-order valence-electron chi connectivity index (χ0n) is 14.5. The zero-order valence-corrected chi connectivity index (χ0v) is 15.3. The zero-order chi connectivity index (χ0) is 17.4. The van der Waals surface area contributed by atoms with E-state index in [9.17, 15) is 14.7 Å². The largest absolute Gasteiger partial charge is 0.508 e. The third kappa shape index (κ3) is 7.28. The minimum absolute atomic E-state index is 0. The van der Waals surface area contributed by atoms with Crippen LogP contribution < -0.4 is 0 Å². The van der Waals surface area contributed by atoms with E-state index in [1.807, 2.05) is 6.92 Å². The van der Waals surface area contributed by atoms with Crippen molar-refractivity contribution in [1.82, 2.24) is 4.90 Å². The molecule has 1 fully saturated rings. The van der Waals surface area contributed by atoms with Crippen molar-refractivity contribution in [2.24, 2.45) is 5.92 Å². The van der Waals surface area contributed by atoms with Gasteiger partial charge in [-0.15, -0.1) is 12.4 Å². The summed E-state index contributed by atoms with van der Waals surface area (Å²) in [6.45, 7) is 4.64. The molecule has 0 spiro atoms. The number of hydrogen-bond donors (Lipinski definition) is 1. The van der Waals surface area contributed by atoms with E-state index < -0.39 is 0 Å². The number of benzene rings is 1. The number of piperidine rings is 1. The van der Waals surface area contributed by atoms with Crippen LogP contribution in [0.3, 0.4) is 0 Å². The van der Waals surface area contributed by atoms with Crippen LogP contribution in [0, 0.1) is 5.92 Å². The maximum Gasteiger partial charge on any atom is 0.309 e. The Kier molecular flexibility index (Phi) is 9.24. The molecule has 1 aromatic carbocycles. The molecule has 6 heteroatoms. The van der Waals surface area contributed by atoms with Crippen molar-refractivity contribution in [2.45, 2.75) is 26.2 Å². The van der Waals surface area contributed by atoms with Gasteiger partial charge in [-0.05, 0) is 56.6 Å². The molecule has 2 rings (SSSR count). The summed E-state index contributed by atoms with van der Waals surface area (Å²) in [6.07, 6.45) is 5.41. The van der Waals surface area contributed by atoms with Crippen molar-refractivity contribution < 1.29 is 19.4 Å². The number of carbonyl (C=O) groups is 2. The standard InChI is InChI=1S/C19H25NO4.ClH/c1-2-24-19(23)16-9-12-20(13-10-16)14-11-18(22)8-5-15-3-6-17(21)7-4-15;/h3-8,16,21H,2,9-14H2,1H3;1H. The van der Waals surface area contributed by atoms with Crippen molar-refractivity contribution in [3.8, 4) is 5.75 Å². The number of allylic oxidation sites excluding steroid dienone is 1. The van der Waals surface area contributed by atoms with Crippen molar-refractivity contribution in [3.63, 3.8) is 0 Å². The third-order valence-corrected chi connectivity index (χ3v) is 4.24. The summed E-state index contributed by atoms with van der Waals surface area (Å²) in [7, 11) is 0. The molecular weight excluding hydrogens is 342 g/mol. The first-order valence-electron chi connectivity index (χ1n) is 8.47. The molecule has 1 saturated heterocycles. The van der Waals surface area contributed by atoms with Crippen LogP contribution in [0.5, 0.6) is 5.75 Å². The monoisotopic (exact) mass is 367 g/mol. The molecule has 1 aliphatic rings. The summed E-state index contributed by atoms with van der Waals surface area (Å²) in [5, 5.41) is 9.22. The topological polar surface area (TPSA) is 66.8 Å². The summed E-state index contributed by atoms with van der Waals surface area (Å²) >= 11 is 0. The number of hydrogen-bond acceptors (Lipinski definition) is 5. The van der Waals surface area contributed by atoms with E-state index >= 15 is 0 Å². The van der Waals surface area contributed by atoms with Crippen molar-refractivity contribution >= 4 is 30.2 Å². The molecular formula is C19H26ClNO4. The number of nitrogens with zero attached hydrogens (tertiary/aromatic N) is 1. The molecule has 0 aromatic heterocycles. The van der Waals surface area contributed by atoms with Gasteiger partial charge in [0.15, 0.2) is 5.78 Å². The van der Waals surface area contributed by atoms with E-state index in [4.69, 9.17) is 4.74 Å². The molecule has 1 aliphatic heterocycles. The van der Waals surface area contributed by atoms with Gasteiger partial charge in [0.2, 0.25) is 0 Å². The van der Waals surface area contributed by atoms with Gasteiger partial charge in [-0.1, -0.05) is 18.2 Å². The lowest BCUT2D eigenvalue weighted by Gasteiger charge is -2.30. The lowest BCUT2D eigenvalue weighted by atomic mass is 9.97. The lowest BCUT2D eigenvalue weighted by molar-refractivity contribution is -0.149. The Labute approximate surface area is 155 Å². The van der Waals surface area contributed by atoms with Crippen LogP contribution in [0.4, 0.5) is 0 Å². The smallest absolute Gasteiger partial charge is 0.309 e. The van der Waals surface area contributed by atoms with Gasteiger partial charge < -0.3 is 14.7 Å². The molecule has 0 amide bonds. The fourth-order valence-corrected chi connectivity index (χ4v) is 2.78. The number of rotatable bonds is 7. The van der Waals surface area contributed by atoms with E-state index in [2.05, 4.69) is 4.90 Å². The average Bonchev–Trinajstić information content (AvgIpc) is 2.60. The third-order valence-electron chi connectivity index (χ3n) is 4.24. The summed E-state index contributed by atoms with van der Waals surface area (Å²) in [4.78, 5) is 25.9. The molecule has 5 nitrogen and oxygen atoms in total. The maximum atomic E-state index is 11.9. The van der Waals surface area contributed by atoms with Gasteiger partial charge in [-0.3, -0.25) is 9.59 Å². The molecule has 1 N–H and O–H groups in total. The first-order chi connectivity index (χ1) is 11.6. The van der Waals surface area contributed by atoms with Gasteiger partial charge >= 0.3 is 5.97 Å². The second-order valence-corrected chi connectivity index (χ2v) is 6.01. The Morgan fingerprint density at radius 3 is 2.48 bits per heavy atom. The van der Waals surface area contributed by atoms with E-state index in [1.165, 1.54) is 0 Å². The van der Waals surface area contributed by atoms with Crippen LogP contribution in [0.15, 0.2) is 30.3 Å². The van der Waals surface area contributed by atoms with Crippen LogP contribution in [0.25, 0.3) is 6.08 Å². The van der Waals surface area contributed by atoms with Crippen LogP contribution in [0.1, 0.15) is 31.7 Å². The van der Waals surface area contributed by atoms with Gasteiger partial charge in [-0.25, -0.2) is 0 Å². The summed E-state index contributed by atoms with van der Waals surface area (Å²) in [6, 6.07) is 6.72. The second kappa shape index (κ2) is 10.9. The minimum atomic E-state index is -0.0925. The van der Waals surface area contributed by atoms with Gasteiger partial charge in [-0.2, -0.15) is 0 Å². The predicted octanol–water partition coefficient (Wildman–Crippen LogP) is 3.06. The molecule has 138 valence electrons. The quantitative estimate of drug-likeness (QED) is 0.592. The molecule has 25 heavy (non-hydrogen) atoms. The Morgan fingerprint density at radius 2 is 1.88 bits per heavy atom. The number of phenols is 1. The van der Waals surface area contributed by atoms with Gasteiger partial charge in [0.25, 0.3) is 0 Å². The van der Waals surface area contributed by atoms with Crippen molar-refractivity contribution in [3.05, 3.63) is 35.9 Å². The van der Waals surface area contributed by atoms with Crippen LogP contribution >= 0.6 is 12.4 Å². The SMILES string of the molecule is CCOC(=O)C1CCN(CCC(=O)C=Cc2ccc(O)cc2)CC1.Cl. The molecule has 0 aliphatic carbocycles. The predicted molar refractivity (Wildman–Crippen MR) is 99.8 cm³/mol. The summed E-state index contributed by atoms with van der Waals surface area (Å²) in [5.74, 6) is 0.205. The minimum Gasteiger partial charge on any atom is -0.508 e. The molecule has 0 saturated carbocycles. The first-order valence-corrected chi connectivity index (χ1v) is 8.47. The molecule has 0 unspecified atom stereocenters. The highest BCUT2D eigenvalue weighted by Crippen LogP contribution is 2.19. The Hall–Kier alpha value is -1.85. The highest BCUT2D eigenvalue weighted by Gasteiger charge is 2.25. The van der Waals surface area contributed by atoms with E-state index in [0.717, 1.165) is 31.5 Å². The fourth-order valence-electron chi connectivity index (χ4n) is 2.78. The molecule has 0 atom stereocenters. The normalized spacial score (nSPS) is 15.7. The average molecular weight is 368 g/mol. The molecule has 1 aromatic rings. The number of likely N-dealkylation sites (tertiary alicyclic amines) is 1. The number of carbonyl (C=O) groups excluding carboxylic acids is 2. The second-order valence-electron chi connectivity index (χ2n) is 6.01. The molecule has 1 heterocycles. The molecule has 0 bridgehead atoms. The van der Waals surface area contributed by atoms with Gasteiger partial charge in [0, 0.05) is 13.0 Å². The van der Waals surface area contributed by atoms with Crippen molar-refractivity contribution in [1.29, 1.82) is 0 Å². The number of aromatic hydroxyl groups is 1. The summed E-state index contributed by atoms with van der Waals surface area (Å²) in [5.41, 5.74) is 0.886. The highest BCUT2D eigenvalue weighted by atomic mass is 35.5. The van der Waals surface area contributed by atoms with Crippen LogP contribution in [-0.2, 0) is 14.3 Å². The van der Waals surface area contributed by atoms with E-state index in [-0.39, 0.29) is 35.8 Å². The highest BCUT2D eigenvalue weighted by molar-refractivity contribution is 5.93. The number of ketones is 1. The van der Waals surface area contributed by atoms with Gasteiger partial charge in [0.05, 0.1) is 12.5 Å². The molecule has 0 radical (unpaired) electrons. The lowest BCUT2D eigenvalue weighted by Crippen LogP contribution is -2.37. The fraction of sp³-hybridized carbons (Fsp3) is 0.474. The van der Waals surface area contributed by atoms with Crippen LogP contribution in [-0.4, -0.2) is 48.0 Å². The van der Waals surface area contributed by atoms with Gasteiger partial charge in [0.1, 0.15) is 5.75 Å². The van der Waals surface area contributed by atoms with Crippen LogP contribution in [0.2, 0.25) is 0 Å². The Morgan fingerprint density at radius 1 is 1.24 bits per heavy atom. The number of phenolic OH excluding ortho intramolecular Hbond substituents is 1. The maximum absolute atomic E-state index is 11.9. The first kappa shape index (κ1) is 21.2. The van der Waals surface area contributed by atoms with Crippen molar-refractivity contribution in [2.75, 3.05) is 26.2 Å². The number of esters is 1. The summed E-state index contributed by atoms with van der Waals surface area (Å²) < 4.78 is 5.06. The number of ether oxygens (including phenoxy) is 1. The van der Waals surface area contributed by atoms with E-state index in [0.29, 0.717) is 19.6 Å². The number of halogens is 1. The Bertz CT molecular complexity index is 578. The van der Waals surface area contributed by atoms with E-state index in [1.54, 1.807) is 36.4 Å². The Balaban J connectivity index is 0.00000312.